The van der Waals surface area contributed by atoms with E-state index in [4.69, 9.17) is 27.9 Å². The molecule has 5 rings (SSSR count). The standard InChI is InChI=1S/C25H16Cl2N2O2/c26-17-11-16(12-20-19-6-2-4-8-23(19)29-25(20)30)24(21(27)13-17)31-14-18-10-9-15-5-1-3-7-22(15)28-18/h1-13H,14H2,(H,29,30). The first-order valence-corrected chi connectivity index (χ1v) is 10.4. The number of amides is 1. The van der Waals surface area contributed by atoms with Crippen LogP contribution in [-0.2, 0) is 11.4 Å². The Hall–Kier alpha value is -3.34. The van der Waals surface area contributed by atoms with Gasteiger partial charge in [-0.15, -0.1) is 0 Å². The molecular formula is C25H16Cl2N2O2. The Morgan fingerprint density at radius 3 is 2.68 bits per heavy atom. The van der Waals surface area contributed by atoms with Crippen LogP contribution in [0.2, 0.25) is 10.0 Å². The molecule has 0 fully saturated rings. The Kier molecular flexibility index (Phi) is 5.10. The van der Waals surface area contributed by atoms with Crippen LogP contribution in [0.1, 0.15) is 16.8 Å². The Bertz CT molecular complexity index is 1360. The van der Waals surface area contributed by atoms with Crippen molar-refractivity contribution < 1.29 is 9.53 Å². The molecule has 4 nitrogen and oxygen atoms in total. The molecule has 0 saturated heterocycles. The minimum absolute atomic E-state index is 0.181. The first-order chi connectivity index (χ1) is 15.1. The minimum Gasteiger partial charge on any atom is -0.485 e. The van der Waals surface area contributed by atoms with Crippen molar-refractivity contribution in [2.75, 3.05) is 5.32 Å². The zero-order valence-electron chi connectivity index (χ0n) is 16.2. The zero-order chi connectivity index (χ0) is 21.4. The van der Waals surface area contributed by atoms with E-state index in [9.17, 15) is 4.79 Å². The number of hydrogen-bond acceptors (Lipinski definition) is 3. The van der Waals surface area contributed by atoms with E-state index in [-0.39, 0.29) is 12.5 Å². The van der Waals surface area contributed by atoms with Gasteiger partial charge < -0.3 is 10.1 Å². The van der Waals surface area contributed by atoms with Gasteiger partial charge in [-0.3, -0.25) is 4.79 Å². The normalized spacial score (nSPS) is 14.0. The second kappa shape index (κ2) is 8.06. The monoisotopic (exact) mass is 446 g/mol. The van der Waals surface area contributed by atoms with E-state index in [0.717, 1.165) is 27.8 Å². The van der Waals surface area contributed by atoms with Crippen LogP contribution in [-0.4, -0.2) is 10.9 Å². The summed E-state index contributed by atoms with van der Waals surface area (Å²) in [6.07, 6.45) is 1.75. The summed E-state index contributed by atoms with van der Waals surface area (Å²) >= 11 is 12.7. The molecule has 0 spiro atoms. The number of pyridine rings is 1. The second-order valence-electron chi connectivity index (χ2n) is 7.15. The van der Waals surface area contributed by atoms with Crippen LogP contribution in [0.4, 0.5) is 5.69 Å². The van der Waals surface area contributed by atoms with Gasteiger partial charge >= 0.3 is 0 Å². The lowest BCUT2D eigenvalue weighted by molar-refractivity contribution is -0.110. The van der Waals surface area contributed by atoms with Crippen molar-refractivity contribution in [1.29, 1.82) is 0 Å². The number of para-hydroxylation sites is 2. The molecule has 31 heavy (non-hydrogen) atoms. The topological polar surface area (TPSA) is 51.2 Å². The summed E-state index contributed by atoms with van der Waals surface area (Å²) in [5, 5.41) is 4.75. The van der Waals surface area contributed by atoms with Crippen molar-refractivity contribution in [3.63, 3.8) is 0 Å². The number of nitrogens with zero attached hydrogens (tertiary/aromatic N) is 1. The number of aromatic nitrogens is 1. The molecule has 0 atom stereocenters. The fourth-order valence-electron chi connectivity index (χ4n) is 3.61. The number of carbonyl (C=O) groups is 1. The lowest BCUT2D eigenvalue weighted by atomic mass is 10.0. The molecule has 1 amide bonds. The number of halogens is 2. The Balaban J connectivity index is 1.50. The molecule has 1 aliphatic heterocycles. The highest BCUT2D eigenvalue weighted by atomic mass is 35.5. The highest BCUT2D eigenvalue weighted by Gasteiger charge is 2.24. The Morgan fingerprint density at radius 1 is 0.968 bits per heavy atom. The Morgan fingerprint density at radius 2 is 1.77 bits per heavy atom. The van der Waals surface area contributed by atoms with E-state index in [1.807, 2.05) is 60.7 Å². The molecule has 0 bridgehead atoms. The van der Waals surface area contributed by atoms with E-state index in [2.05, 4.69) is 10.3 Å². The predicted octanol–water partition coefficient (Wildman–Crippen LogP) is 6.61. The van der Waals surface area contributed by atoms with Crippen LogP contribution in [0, 0.1) is 0 Å². The largest absolute Gasteiger partial charge is 0.485 e. The number of ether oxygens (including phenoxy) is 1. The molecule has 3 aromatic carbocycles. The van der Waals surface area contributed by atoms with Crippen LogP contribution < -0.4 is 10.1 Å². The third-order valence-corrected chi connectivity index (χ3v) is 5.57. The first kappa shape index (κ1) is 19.6. The SMILES string of the molecule is O=C1Nc2ccccc2C1=Cc1cc(Cl)cc(Cl)c1OCc1ccc2ccccc2n1. The number of nitrogens with one attached hydrogen (secondary N) is 1. The quantitative estimate of drug-likeness (QED) is 0.358. The lowest BCUT2D eigenvalue weighted by Crippen LogP contribution is -2.04. The summed E-state index contributed by atoms with van der Waals surface area (Å²) in [6.45, 7) is 0.227. The predicted molar refractivity (Wildman–Crippen MR) is 125 cm³/mol. The van der Waals surface area contributed by atoms with Gasteiger partial charge in [-0.1, -0.05) is 65.7 Å². The van der Waals surface area contributed by atoms with Crippen LogP contribution >= 0.6 is 23.2 Å². The van der Waals surface area contributed by atoms with Crippen molar-refractivity contribution in [2.24, 2.45) is 0 Å². The molecule has 1 aromatic heterocycles. The lowest BCUT2D eigenvalue weighted by Gasteiger charge is -2.13. The van der Waals surface area contributed by atoms with Gasteiger partial charge in [-0.25, -0.2) is 4.98 Å². The molecule has 0 radical (unpaired) electrons. The number of rotatable bonds is 4. The highest BCUT2D eigenvalue weighted by Crippen LogP contribution is 2.38. The van der Waals surface area contributed by atoms with Gasteiger partial charge in [0.2, 0.25) is 0 Å². The van der Waals surface area contributed by atoms with Crippen molar-refractivity contribution in [2.45, 2.75) is 6.61 Å². The van der Waals surface area contributed by atoms with Gasteiger partial charge in [-0.2, -0.15) is 0 Å². The van der Waals surface area contributed by atoms with Gasteiger partial charge in [0.1, 0.15) is 12.4 Å². The molecule has 152 valence electrons. The van der Waals surface area contributed by atoms with Crippen LogP contribution in [0.3, 0.4) is 0 Å². The summed E-state index contributed by atoms with van der Waals surface area (Å²) in [5.74, 6) is 0.269. The van der Waals surface area contributed by atoms with E-state index in [1.54, 1.807) is 18.2 Å². The number of benzene rings is 3. The van der Waals surface area contributed by atoms with Crippen molar-refractivity contribution in [3.05, 3.63) is 99.7 Å². The van der Waals surface area contributed by atoms with Gasteiger partial charge in [0.25, 0.3) is 5.91 Å². The summed E-state index contributed by atoms with van der Waals surface area (Å²) < 4.78 is 6.06. The fourth-order valence-corrected chi connectivity index (χ4v) is 4.18. The minimum atomic E-state index is -0.181. The molecule has 0 saturated carbocycles. The molecule has 6 heteroatoms. The zero-order valence-corrected chi connectivity index (χ0v) is 17.7. The highest BCUT2D eigenvalue weighted by molar-refractivity contribution is 6.37. The number of hydrogen-bond donors (Lipinski definition) is 1. The summed E-state index contributed by atoms with van der Waals surface area (Å²) in [7, 11) is 0. The smallest absolute Gasteiger partial charge is 0.256 e. The van der Waals surface area contributed by atoms with Gasteiger partial charge in [0, 0.05) is 32.8 Å². The van der Waals surface area contributed by atoms with Crippen molar-refractivity contribution in [3.8, 4) is 5.75 Å². The van der Waals surface area contributed by atoms with Gasteiger partial charge in [-0.05, 0) is 36.4 Å². The average molecular weight is 447 g/mol. The maximum Gasteiger partial charge on any atom is 0.256 e. The number of anilines is 1. The van der Waals surface area contributed by atoms with Crippen molar-refractivity contribution >= 4 is 57.3 Å². The molecule has 0 aliphatic carbocycles. The molecule has 1 N–H and O–H groups in total. The van der Waals surface area contributed by atoms with Crippen LogP contribution in [0.25, 0.3) is 22.6 Å². The van der Waals surface area contributed by atoms with Gasteiger partial charge in [0.15, 0.2) is 0 Å². The average Bonchev–Trinajstić information content (AvgIpc) is 3.08. The van der Waals surface area contributed by atoms with Crippen LogP contribution in [0.15, 0.2) is 72.8 Å². The third-order valence-electron chi connectivity index (χ3n) is 5.07. The molecule has 1 aliphatic rings. The molecular weight excluding hydrogens is 431 g/mol. The van der Waals surface area contributed by atoms with Gasteiger partial charge in [0.05, 0.1) is 16.2 Å². The van der Waals surface area contributed by atoms with E-state index in [1.165, 1.54) is 0 Å². The number of fused-ring (bicyclic) bond motifs is 2. The van der Waals surface area contributed by atoms with E-state index in [0.29, 0.717) is 26.9 Å². The molecule has 2 heterocycles. The summed E-state index contributed by atoms with van der Waals surface area (Å²) in [4.78, 5) is 17.2. The van der Waals surface area contributed by atoms with Crippen molar-refractivity contribution in [1.82, 2.24) is 4.98 Å². The summed E-state index contributed by atoms with van der Waals surface area (Å²) in [5.41, 5.74) is 4.42. The number of carbonyl (C=O) groups excluding carboxylic acids is 1. The fraction of sp³-hybridized carbons (Fsp3) is 0.0400. The van der Waals surface area contributed by atoms with Crippen LogP contribution in [0.5, 0.6) is 5.75 Å². The summed E-state index contributed by atoms with van der Waals surface area (Å²) in [6, 6.07) is 22.7. The third kappa shape index (κ3) is 3.88. The Labute approximate surface area is 189 Å². The second-order valence-corrected chi connectivity index (χ2v) is 7.99. The van der Waals surface area contributed by atoms with E-state index >= 15 is 0 Å². The maximum atomic E-state index is 12.5. The first-order valence-electron chi connectivity index (χ1n) is 9.67. The maximum absolute atomic E-state index is 12.5. The molecule has 0 unspecified atom stereocenters. The van der Waals surface area contributed by atoms with E-state index < -0.39 is 0 Å². The molecule has 4 aromatic rings.